The van der Waals surface area contributed by atoms with Gasteiger partial charge in [0.2, 0.25) is 0 Å². The predicted octanol–water partition coefficient (Wildman–Crippen LogP) is 4.23. The number of hydrogen-bond acceptors (Lipinski definition) is 8. The number of esters is 1. The molecule has 4 aliphatic carbocycles. The highest BCUT2D eigenvalue weighted by molar-refractivity contribution is 5.88. The lowest BCUT2D eigenvalue weighted by Gasteiger charge is -2.69. The van der Waals surface area contributed by atoms with Crippen LogP contribution in [0.15, 0.2) is 22.8 Å². The number of aliphatic carboxylic acids is 1. The number of ether oxygens (including phenoxy) is 1. The molecule has 6 N–H and O–H groups in total. The summed E-state index contributed by atoms with van der Waals surface area (Å²) in [4.78, 5) is 24.8. The van der Waals surface area contributed by atoms with Crippen molar-refractivity contribution in [1.29, 1.82) is 0 Å². The third kappa shape index (κ3) is 6.97. The van der Waals surface area contributed by atoms with Crippen molar-refractivity contribution in [3.63, 3.8) is 0 Å². The van der Waals surface area contributed by atoms with Gasteiger partial charge in [0.25, 0.3) is 0 Å². The summed E-state index contributed by atoms with van der Waals surface area (Å²) in [5.41, 5.74) is 1.57. The lowest BCUT2D eigenvalue weighted by molar-refractivity contribution is -0.234. The van der Waals surface area contributed by atoms with Gasteiger partial charge in [-0.3, -0.25) is 4.79 Å². The van der Waals surface area contributed by atoms with E-state index in [1.165, 1.54) is 6.92 Å². The average molecular weight is 622 g/mol. The molecule has 1 unspecified atom stereocenters. The Hall–Kier alpha value is -1.78. The Balaban J connectivity index is 0.000000676. The second-order valence-electron chi connectivity index (χ2n) is 14.8. The van der Waals surface area contributed by atoms with E-state index in [0.29, 0.717) is 50.3 Å². The van der Waals surface area contributed by atoms with Crippen molar-refractivity contribution in [2.75, 3.05) is 26.3 Å². The Morgan fingerprint density at radius 1 is 0.977 bits per heavy atom. The van der Waals surface area contributed by atoms with E-state index in [9.17, 15) is 24.9 Å². The van der Waals surface area contributed by atoms with Crippen LogP contribution in [0.5, 0.6) is 0 Å². The topological polar surface area (TPSA) is 157 Å². The molecular formula is C35H59NO8. The number of aliphatic hydroxyl groups excluding tert-OH is 4. The molecule has 4 fully saturated rings. The van der Waals surface area contributed by atoms with Crippen LogP contribution in [0.1, 0.15) is 99.8 Å². The normalized spacial score (nSPS) is 40.4. The molecular weight excluding hydrogens is 562 g/mol. The summed E-state index contributed by atoms with van der Waals surface area (Å²) in [7, 11) is 0. The minimum Gasteiger partial charge on any atom is -0.478 e. The maximum Gasteiger partial charge on any atom is 0.331 e. The first-order valence-electron chi connectivity index (χ1n) is 16.6. The molecule has 4 aliphatic rings. The molecule has 0 spiro atoms. The Bertz CT molecular complexity index is 1080. The Kier molecular flexibility index (Phi) is 12.3. The van der Waals surface area contributed by atoms with Gasteiger partial charge in [-0.2, -0.15) is 0 Å². The standard InChI is InChI=1S/C31H48O6.C4H11NO2/c1-17(2)9-8-10-20(28(35)36)26-22-15-24(34)27-29(5)13-12-23(33)18(3)21(29)11-14-30(27,6)31(22,7)16-25(26)37-19(4)32;6-3-1-5-2-4-7/h9,18,21-25,27,33-34H,8,10-16H2,1-7H3,(H,35,36);5-7H,1-4H2/b26-20-;/t18-,21-,22-,23+,24+,25-,27?,29-,30-,31-;/m0./s1. The molecule has 4 saturated carbocycles. The number of aliphatic hydroxyl groups is 4. The van der Waals surface area contributed by atoms with Gasteiger partial charge in [-0.05, 0) is 111 Å². The van der Waals surface area contributed by atoms with Crippen LogP contribution in [0.2, 0.25) is 0 Å². The minimum absolute atomic E-state index is 0.0474. The largest absolute Gasteiger partial charge is 0.478 e. The van der Waals surface area contributed by atoms with E-state index >= 15 is 0 Å². The van der Waals surface area contributed by atoms with Crippen molar-refractivity contribution in [2.45, 2.75) is 118 Å². The van der Waals surface area contributed by atoms with E-state index in [1.807, 2.05) is 19.9 Å². The predicted molar refractivity (Wildman–Crippen MR) is 170 cm³/mol. The van der Waals surface area contributed by atoms with Crippen molar-refractivity contribution in [1.82, 2.24) is 5.32 Å². The van der Waals surface area contributed by atoms with E-state index in [4.69, 9.17) is 14.9 Å². The first kappa shape index (κ1) is 36.7. The SMILES string of the molecule is CC(=O)O[C@H]1C[C@@]2(C)[C@@H](C[C@@H](O)C3[C@]2(C)CC[C@H]2[C@H](C)[C@H](O)CC[C@]32C)/C1=C(\CCC=C(C)C)C(=O)O.OCCNCCO. The van der Waals surface area contributed by atoms with Crippen LogP contribution in [0.25, 0.3) is 0 Å². The number of rotatable bonds is 9. The molecule has 0 saturated heterocycles. The third-order valence-electron chi connectivity index (χ3n) is 12.1. The zero-order valence-electron chi connectivity index (χ0n) is 28.1. The van der Waals surface area contributed by atoms with Crippen LogP contribution < -0.4 is 5.32 Å². The van der Waals surface area contributed by atoms with Crippen LogP contribution in [0.4, 0.5) is 0 Å². The molecule has 0 bridgehead atoms. The molecule has 0 radical (unpaired) electrons. The summed E-state index contributed by atoms with van der Waals surface area (Å²) in [6.07, 6.45) is 6.22. The van der Waals surface area contributed by atoms with Gasteiger partial charge in [0.1, 0.15) is 6.10 Å². The first-order chi connectivity index (χ1) is 20.6. The summed E-state index contributed by atoms with van der Waals surface area (Å²) >= 11 is 0. The van der Waals surface area contributed by atoms with Gasteiger partial charge in [0.05, 0.1) is 25.4 Å². The van der Waals surface area contributed by atoms with E-state index in [0.717, 1.165) is 36.8 Å². The molecule has 0 aromatic rings. The van der Waals surface area contributed by atoms with Crippen LogP contribution in [-0.2, 0) is 14.3 Å². The van der Waals surface area contributed by atoms with E-state index < -0.39 is 24.1 Å². The third-order valence-corrected chi connectivity index (χ3v) is 12.1. The van der Waals surface area contributed by atoms with Crippen molar-refractivity contribution in [3.05, 3.63) is 22.8 Å². The van der Waals surface area contributed by atoms with Crippen molar-refractivity contribution < 1.29 is 39.9 Å². The van der Waals surface area contributed by atoms with Gasteiger partial charge >= 0.3 is 11.9 Å². The lowest BCUT2D eigenvalue weighted by Crippen LogP contribution is -2.65. The molecule has 9 nitrogen and oxygen atoms in total. The average Bonchev–Trinajstić information content (AvgIpc) is 3.20. The molecule has 9 heteroatoms. The maximum atomic E-state index is 12.6. The molecule has 0 aromatic heterocycles. The fraction of sp³-hybridized carbons (Fsp3) is 0.829. The Morgan fingerprint density at radius 3 is 2.16 bits per heavy atom. The number of fused-ring (bicyclic) bond motifs is 5. The summed E-state index contributed by atoms with van der Waals surface area (Å²) in [6, 6.07) is 0. The lowest BCUT2D eigenvalue weighted by atomic mass is 9.36. The van der Waals surface area contributed by atoms with Gasteiger partial charge in [0.15, 0.2) is 0 Å². The minimum atomic E-state index is -0.953. The molecule has 0 amide bonds. The number of carbonyl (C=O) groups excluding carboxylic acids is 1. The van der Waals surface area contributed by atoms with Crippen molar-refractivity contribution in [3.8, 4) is 0 Å². The molecule has 0 heterocycles. The number of nitrogens with one attached hydrogen (secondary N) is 1. The second-order valence-corrected chi connectivity index (χ2v) is 14.8. The smallest absolute Gasteiger partial charge is 0.331 e. The highest BCUT2D eigenvalue weighted by Gasteiger charge is 2.70. The zero-order valence-corrected chi connectivity index (χ0v) is 28.1. The molecule has 10 atom stereocenters. The van der Waals surface area contributed by atoms with Gasteiger partial charge in [-0.15, -0.1) is 0 Å². The molecule has 44 heavy (non-hydrogen) atoms. The van der Waals surface area contributed by atoms with Gasteiger partial charge in [0, 0.05) is 25.6 Å². The summed E-state index contributed by atoms with van der Waals surface area (Å²) < 4.78 is 5.87. The fourth-order valence-electron chi connectivity index (χ4n) is 10.1. The molecule has 252 valence electrons. The van der Waals surface area contributed by atoms with Crippen LogP contribution in [0.3, 0.4) is 0 Å². The van der Waals surface area contributed by atoms with E-state index in [2.05, 4.69) is 33.0 Å². The number of carbonyl (C=O) groups is 2. The van der Waals surface area contributed by atoms with Crippen LogP contribution in [0, 0.1) is 39.9 Å². The summed E-state index contributed by atoms with van der Waals surface area (Å²) in [5.74, 6) is -0.909. The summed E-state index contributed by atoms with van der Waals surface area (Å²) in [6.45, 7) is 15.9. The van der Waals surface area contributed by atoms with Gasteiger partial charge in [-0.1, -0.05) is 39.3 Å². The number of allylic oxidation sites excluding steroid dienone is 2. The Morgan fingerprint density at radius 2 is 1.61 bits per heavy atom. The van der Waals surface area contributed by atoms with E-state index in [1.54, 1.807) is 0 Å². The quantitative estimate of drug-likeness (QED) is 0.0960. The van der Waals surface area contributed by atoms with Crippen molar-refractivity contribution in [2.24, 2.45) is 39.9 Å². The molecule has 4 rings (SSSR count). The summed E-state index contributed by atoms with van der Waals surface area (Å²) in [5, 5.41) is 52.0. The van der Waals surface area contributed by atoms with Gasteiger partial charge < -0.3 is 35.6 Å². The molecule has 0 aliphatic heterocycles. The fourth-order valence-corrected chi connectivity index (χ4v) is 10.1. The number of carboxylic acid groups (broad SMARTS) is 1. The molecule has 0 aromatic carbocycles. The van der Waals surface area contributed by atoms with Crippen LogP contribution in [-0.4, -0.2) is 82.1 Å². The monoisotopic (exact) mass is 621 g/mol. The van der Waals surface area contributed by atoms with Crippen LogP contribution >= 0.6 is 0 Å². The van der Waals surface area contributed by atoms with Gasteiger partial charge in [-0.25, -0.2) is 4.79 Å². The highest BCUT2D eigenvalue weighted by atomic mass is 16.5. The number of hydrogen-bond donors (Lipinski definition) is 6. The van der Waals surface area contributed by atoms with E-state index in [-0.39, 0.29) is 53.3 Å². The Labute approximate surface area is 264 Å². The maximum absolute atomic E-state index is 12.6. The number of carboxylic acids is 1. The zero-order chi connectivity index (χ0) is 33.0. The highest BCUT2D eigenvalue weighted by Crippen LogP contribution is 2.74. The second kappa shape index (κ2) is 14.8. The first-order valence-corrected chi connectivity index (χ1v) is 16.6. The van der Waals surface area contributed by atoms with Crippen molar-refractivity contribution >= 4 is 11.9 Å².